The first-order valence-corrected chi connectivity index (χ1v) is 10.6. The predicted molar refractivity (Wildman–Crippen MR) is 111 cm³/mol. The molecule has 0 aliphatic heterocycles. The number of amides is 1. The largest absolute Gasteiger partial charge is 0.444 e. The first-order chi connectivity index (χ1) is 12.8. The summed E-state index contributed by atoms with van der Waals surface area (Å²) in [6, 6.07) is 4.68. The summed E-state index contributed by atoms with van der Waals surface area (Å²) in [5.41, 5.74) is -0.594. The number of benzene rings is 1. The Bertz CT molecular complexity index is 690. The van der Waals surface area contributed by atoms with Gasteiger partial charge in [-0.3, -0.25) is 0 Å². The van der Waals surface area contributed by atoms with Crippen molar-refractivity contribution < 1.29 is 23.6 Å². The Morgan fingerprint density at radius 2 is 1.89 bits per heavy atom. The Kier molecular flexibility index (Phi) is 9.66. The molecule has 0 aliphatic carbocycles. The number of rotatable bonds is 9. The zero-order valence-corrected chi connectivity index (χ0v) is 19.0. The van der Waals surface area contributed by atoms with Crippen molar-refractivity contribution in [1.29, 1.82) is 0 Å². The molecule has 3 N–H and O–H groups in total. The van der Waals surface area contributed by atoms with Crippen molar-refractivity contribution >= 4 is 40.3 Å². The molecule has 0 spiro atoms. The second-order valence-electron chi connectivity index (χ2n) is 7.60. The molecular formula is C18H28Cl2N2O5S. The molecule has 0 bridgehead atoms. The fraction of sp³-hybridized carbons (Fsp3) is 0.611. The van der Waals surface area contributed by atoms with Crippen LogP contribution in [-0.2, 0) is 20.5 Å². The molecule has 0 radical (unpaired) electrons. The molecule has 7 nitrogen and oxygen atoms in total. The summed E-state index contributed by atoms with van der Waals surface area (Å²) in [5, 5.41) is 13.3. The van der Waals surface area contributed by atoms with Crippen molar-refractivity contribution in [3.05, 3.63) is 28.2 Å². The van der Waals surface area contributed by atoms with Crippen molar-refractivity contribution in [2.24, 2.45) is 0 Å². The van der Waals surface area contributed by atoms with Crippen LogP contribution < -0.4 is 10.0 Å². The molecule has 0 saturated carbocycles. The Balaban J connectivity index is 2.62. The van der Waals surface area contributed by atoms with Crippen LogP contribution >= 0.6 is 23.2 Å². The average molecular weight is 455 g/mol. The Morgan fingerprint density at radius 1 is 1.25 bits per heavy atom. The highest BCUT2D eigenvalue weighted by Crippen LogP contribution is 2.23. The lowest BCUT2D eigenvalue weighted by atomic mass is 10.2. The molecule has 0 aromatic heterocycles. The van der Waals surface area contributed by atoms with E-state index in [0.29, 0.717) is 16.3 Å². The molecule has 0 fully saturated rings. The van der Waals surface area contributed by atoms with Crippen LogP contribution in [0, 0.1) is 0 Å². The quantitative estimate of drug-likeness (QED) is 0.494. The lowest BCUT2D eigenvalue weighted by Crippen LogP contribution is -2.40. The first-order valence-electron chi connectivity index (χ1n) is 8.74. The van der Waals surface area contributed by atoms with Crippen LogP contribution in [0.5, 0.6) is 0 Å². The molecule has 2 unspecified atom stereocenters. The maximum absolute atomic E-state index is 12.5. The number of ether oxygens (including phenoxy) is 2. The molecule has 0 saturated heterocycles. The second-order valence-corrected chi connectivity index (χ2v) is 9.71. The number of aliphatic hydroxyl groups is 1. The summed E-state index contributed by atoms with van der Waals surface area (Å²) < 4.78 is 26.0. The van der Waals surface area contributed by atoms with E-state index >= 15 is 0 Å². The molecular weight excluding hydrogens is 427 g/mol. The molecule has 0 heterocycles. The Morgan fingerprint density at radius 3 is 2.43 bits per heavy atom. The van der Waals surface area contributed by atoms with Crippen molar-refractivity contribution in [1.82, 2.24) is 10.0 Å². The van der Waals surface area contributed by atoms with Crippen LogP contribution in [0.2, 0.25) is 10.0 Å². The van der Waals surface area contributed by atoms with Crippen molar-refractivity contribution in [2.75, 3.05) is 13.1 Å². The highest BCUT2D eigenvalue weighted by Gasteiger charge is 2.22. The molecule has 10 heteroatoms. The van der Waals surface area contributed by atoms with Crippen LogP contribution in [-0.4, -0.2) is 46.0 Å². The Hall–Kier alpha value is -0.900. The van der Waals surface area contributed by atoms with Crippen molar-refractivity contribution in [2.45, 2.75) is 63.4 Å². The minimum absolute atomic E-state index is 0.158. The van der Waals surface area contributed by atoms with Crippen LogP contribution in [0.25, 0.3) is 0 Å². The summed E-state index contributed by atoms with van der Waals surface area (Å²) >= 11 is 11.9. The van der Waals surface area contributed by atoms with Gasteiger partial charge in [0.1, 0.15) is 16.6 Å². The molecule has 1 rings (SSSR count). The van der Waals surface area contributed by atoms with E-state index in [0.717, 1.165) is 0 Å². The van der Waals surface area contributed by atoms with Gasteiger partial charge in [0.25, 0.3) is 0 Å². The summed E-state index contributed by atoms with van der Waals surface area (Å²) in [7, 11) is -1.59. The number of hydrogen-bond acceptors (Lipinski definition) is 5. The fourth-order valence-electron chi connectivity index (χ4n) is 2.13. The maximum atomic E-state index is 12.5. The fourth-order valence-corrected chi connectivity index (χ4v) is 3.67. The van der Waals surface area contributed by atoms with Gasteiger partial charge in [-0.2, -0.15) is 0 Å². The van der Waals surface area contributed by atoms with Gasteiger partial charge in [-0.05, 0) is 59.2 Å². The van der Waals surface area contributed by atoms with E-state index in [4.69, 9.17) is 32.7 Å². The Labute approximate surface area is 178 Å². The third-order valence-corrected chi connectivity index (χ3v) is 4.97. The number of nitrogens with one attached hydrogen (secondary N) is 2. The molecule has 1 amide bonds. The van der Waals surface area contributed by atoms with Gasteiger partial charge < -0.3 is 19.9 Å². The van der Waals surface area contributed by atoms with Crippen LogP contribution in [0.15, 0.2) is 23.1 Å². The van der Waals surface area contributed by atoms with E-state index in [1.165, 1.54) is 19.9 Å². The molecule has 1 aromatic rings. The van der Waals surface area contributed by atoms with E-state index < -0.39 is 34.6 Å². The lowest BCUT2D eigenvalue weighted by molar-refractivity contribution is -0.204. The van der Waals surface area contributed by atoms with E-state index in [1.54, 1.807) is 32.9 Å². The van der Waals surface area contributed by atoms with Crippen molar-refractivity contribution in [3.8, 4) is 0 Å². The smallest absolute Gasteiger partial charge is 0.407 e. The molecule has 1 aromatic carbocycles. The van der Waals surface area contributed by atoms with Gasteiger partial charge in [0, 0.05) is 18.1 Å². The summed E-state index contributed by atoms with van der Waals surface area (Å²) in [6.07, 6.45) is -0.703. The zero-order valence-electron chi connectivity index (χ0n) is 16.7. The second kappa shape index (κ2) is 10.8. The number of alkyl carbamates (subject to hydrolysis) is 1. The highest BCUT2D eigenvalue weighted by atomic mass is 35.5. The number of halogens is 2. The van der Waals surface area contributed by atoms with Crippen LogP contribution in [0.1, 0.15) is 41.0 Å². The van der Waals surface area contributed by atoms with Crippen LogP contribution in [0.3, 0.4) is 0 Å². The third kappa shape index (κ3) is 10.6. The van der Waals surface area contributed by atoms with Gasteiger partial charge in [0.2, 0.25) is 0 Å². The molecule has 28 heavy (non-hydrogen) atoms. The maximum Gasteiger partial charge on any atom is 0.407 e. The number of carbonyl (C=O) groups is 1. The van der Waals surface area contributed by atoms with E-state index in [2.05, 4.69) is 10.0 Å². The zero-order chi connectivity index (χ0) is 21.5. The lowest BCUT2D eigenvalue weighted by Gasteiger charge is -2.27. The van der Waals surface area contributed by atoms with Crippen LogP contribution in [0.4, 0.5) is 4.79 Å². The summed E-state index contributed by atoms with van der Waals surface area (Å²) in [6.45, 7) is 8.72. The van der Waals surface area contributed by atoms with Gasteiger partial charge in [-0.15, -0.1) is 0 Å². The number of hydrogen-bond donors (Lipinski definition) is 3. The monoisotopic (exact) mass is 454 g/mol. The molecule has 0 aliphatic rings. The topological polar surface area (TPSA) is 96.9 Å². The predicted octanol–water partition coefficient (Wildman–Crippen LogP) is 3.63. The van der Waals surface area contributed by atoms with E-state index in [9.17, 15) is 14.1 Å². The van der Waals surface area contributed by atoms with Gasteiger partial charge in [-0.1, -0.05) is 23.2 Å². The van der Waals surface area contributed by atoms with Gasteiger partial charge >= 0.3 is 6.09 Å². The van der Waals surface area contributed by atoms with E-state index in [1.807, 2.05) is 0 Å². The average Bonchev–Trinajstić information content (AvgIpc) is 2.49. The normalized spacial score (nSPS) is 14.4. The summed E-state index contributed by atoms with van der Waals surface area (Å²) in [5.74, 6) is -1.39. The minimum Gasteiger partial charge on any atom is -0.444 e. The molecule has 160 valence electrons. The van der Waals surface area contributed by atoms with E-state index in [-0.39, 0.29) is 18.1 Å². The number of carbonyl (C=O) groups excluding carboxylic acids is 1. The minimum atomic E-state index is -1.59. The van der Waals surface area contributed by atoms with Gasteiger partial charge in [0.15, 0.2) is 5.79 Å². The molecule has 2 atom stereocenters. The highest BCUT2D eigenvalue weighted by molar-refractivity contribution is 7.83. The summed E-state index contributed by atoms with van der Waals surface area (Å²) in [4.78, 5) is 12.1. The van der Waals surface area contributed by atoms with Crippen molar-refractivity contribution in [3.63, 3.8) is 0 Å². The van der Waals surface area contributed by atoms with Gasteiger partial charge in [0.05, 0.1) is 16.0 Å². The SMILES string of the molecule is CC(C)(C)OC(=O)NCCC(CNS(=O)c1ccc(Cl)cc1Cl)OC(C)(C)O. The standard InChI is InChI=1S/C18H28Cl2N2O5S/c1-17(2,3)27-16(23)21-9-8-13(26-18(4,5)24)11-22-28(25)15-7-6-12(19)10-14(15)20/h6-7,10,13,22,24H,8-9,11H2,1-5H3,(H,21,23). The van der Waals surface area contributed by atoms with Gasteiger partial charge in [-0.25, -0.2) is 13.7 Å². The third-order valence-electron chi connectivity index (χ3n) is 3.13. The first kappa shape index (κ1) is 25.1.